The molecule has 0 N–H and O–H groups in total. The predicted molar refractivity (Wildman–Crippen MR) is 105 cm³/mol. The van der Waals surface area contributed by atoms with E-state index in [-0.39, 0.29) is 29.4 Å². The van der Waals surface area contributed by atoms with Crippen LogP contribution in [0.4, 0.5) is 0 Å². The highest BCUT2D eigenvalue weighted by Crippen LogP contribution is 2.39. The SMILES string of the molecule is CCC(C)C(=O)N(C)C1CCC2(CC1)CN(C(C)=O)Cc1ccccc1O2. The molecule has 1 unspecified atom stereocenters. The summed E-state index contributed by atoms with van der Waals surface area (Å²) in [6.45, 7) is 6.90. The largest absolute Gasteiger partial charge is 0.485 e. The maximum absolute atomic E-state index is 12.5. The molecular weight excluding hydrogens is 340 g/mol. The number of ether oxygens (including phenoxy) is 1. The van der Waals surface area contributed by atoms with Crippen molar-refractivity contribution < 1.29 is 14.3 Å². The Balaban J connectivity index is 1.75. The fraction of sp³-hybridized carbons (Fsp3) is 0.636. The molecule has 1 aromatic rings. The highest BCUT2D eigenvalue weighted by Gasteiger charge is 2.43. The Bertz CT molecular complexity index is 695. The number of fused-ring (bicyclic) bond motifs is 1. The summed E-state index contributed by atoms with van der Waals surface area (Å²) in [6.07, 6.45) is 4.40. The van der Waals surface area contributed by atoms with E-state index in [0.717, 1.165) is 43.4 Å². The number of nitrogens with zero attached hydrogens (tertiary/aromatic N) is 2. The summed E-state index contributed by atoms with van der Waals surface area (Å²) in [5, 5.41) is 0. The van der Waals surface area contributed by atoms with Crippen LogP contribution in [0.3, 0.4) is 0 Å². The molecule has 0 radical (unpaired) electrons. The Morgan fingerprint density at radius 2 is 1.96 bits per heavy atom. The predicted octanol–water partition coefficient (Wildman–Crippen LogP) is 3.61. The van der Waals surface area contributed by atoms with Crippen molar-refractivity contribution in [2.45, 2.75) is 71.1 Å². The van der Waals surface area contributed by atoms with Crippen molar-refractivity contribution in [1.82, 2.24) is 9.80 Å². The Morgan fingerprint density at radius 1 is 1.30 bits per heavy atom. The topological polar surface area (TPSA) is 49.9 Å². The van der Waals surface area contributed by atoms with E-state index in [2.05, 4.69) is 6.92 Å². The normalized spacial score (nSPS) is 25.9. The summed E-state index contributed by atoms with van der Waals surface area (Å²) in [7, 11) is 1.93. The van der Waals surface area contributed by atoms with Crippen LogP contribution < -0.4 is 4.74 Å². The monoisotopic (exact) mass is 372 g/mol. The van der Waals surface area contributed by atoms with Crippen molar-refractivity contribution in [3.63, 3.8) is 0 Å². The Labute approximate surface area is 162 Å². The van der Waals surface area contributed by atoms with Gasteiger partial charge in [0, 0.05) is 38.0 Å². The van der Waals surface area contributed by atoms with Crippen LogP contribution in [-0.4, -0.2) is 46.8 Å². The van der Waals surface area contributed by atoms with Gasteiger partial charge in [0.2, 0.25) is 11.8 Å². The fourth-order valence-corrected chi connectivity index (χ4v) is 4.31. The van der Waals surface area contributed by atoms with Gasteiger partial charge in [0.25, 0.3) is 0 Å². The van der Waals surface area contributed by atoms with E-state index in [0.29, 0.717) is 13.1 Å². The summed E-state index contributed by atoms with van der Waals surface area (Å²) in [5.74, 6) is 1.28. The standard InChI is InChI=1S/C22H32N2O3/c1-5-16(2)21(26)23(4)19-10-12-22(13-11-19)15-24(17(3)25)14-18-8-6-7-9-20(18)27-22/h6-9,16,19H,5,10-15H2,1-4H3. The highest BCUT2D eigenvalue weighted by atomic mass is 16.5. The lowest BCUT2D eigenvalue weighted by atomic mass is 9.80. The Morgan fingerprint density at radius 3 is 2.59 bits per heavy atom. The molecule has 1 saturated carbocycles. The van der Waals surface area contributed by atoms with Crippen molar-refractivity contribution >= 4 is 11.8 Å². The fourth-order valence-electron chi connectivity index (χ4n) is 4.31. The van der Waals surface area contributed by atoms with Crippen LogP contribution in [0.5, 0.6) is 5.75 Å². The molecule has 5 nitrogen and oxygen atoms in total. The molecule has 1 atom stereocenters. The quantitative estimate of drug-likeness (QED) is 0.814. The zero-order valence-corrected chi connectivity index (χ0v) is 17.0. The van der Waals surface area contributed by atoms with E-state index in [1.54, 1.807) is 6.92 Å². The molecule has 1 fully saturated rings. The summed E-state index contributed by atoms with van der Waals surface area (Å²) < 4.78 is 6.53. The van der Waals surface area contributed by atoms with E-state index < -0.39 is 0 Å². The molecule has 2 aliphatic rings. The third-order valence-electron chi connectivity index (χ3n) is 6.38. The number of benzene rings is 1. The van der Waals surface area contributed by atoms with Crippen LogP contribution >= 0.6 is 0 Å². The maximum atomic E-state index is 12.5. The van der Waals surface area contributed by atoms with E-state index >= 15 is 0 Å². The third kappa shape index (κ3) is 4.12. The molecule has 0 saturated heterocycles. The van der Waals surface area contributed by atoms with Crippen molar-refractivity contribution in [1.29, 1.82) is 0 Å². The van der Waals surface area contributed by atoms with Crippen molar-refractivity contribution in [2.24, 2.45) is 5.92 Å². The highest BCUT2D eigenvalue weighted by molar-refractivity contribution is 5.78. The van der Waals surface area contributed by atoms with Gasteiger partial charge in [-0.05, 0) is 38.2 Å². The third-order valence-corrected chi connectivity index (χ3v) is 6.38. The second-order valence-corrected chi connectivity index (χ2v) is 8.26. The molecule has 2 amide bonds. The Kier molecular flexibility index (Phi) is 5.78. The van der Waals surface area contributed by atoms with Crippen LogP contribution in [0.1, 0.15) is 58.4 Å². The van der Waals surface area contributed by atoms with Crippen LogP contribution in [-0.2, 0) is 16.1 Å². The van der Waals surface area contributed by atoms with E-state index in [1.807, 2.05) is 48.0 Å². The number of hydrogen-bond donors (Lipinski definition) is 0. The lowest BCUT2D eigenvalue weighted by Crippen LogP contribution is -2.52. The van der Waals surface area contributed by atoms with Gasteiger partial charge in [-0.15, -0.1) is 0 Å². The summed E-state index contributed by atoms with van der Waals surface area (Å²) >= 11 is 0. The molecule has 1 heterocycles. The molecule has 0 bridgehead atoms. The molecule has 1 aliphatic carbocycles. The van der Waals surface area contributed by atoms with E-state index in [4.69, 9.17) is 4.74 Å². The minimum absolute atomic E-state index is 0.0695. The number of rotatable bonds is 3. The number of hydrogen-bond acceptors (Lipinski definition) is 3. The first-order chi connectivity index (χ1) is 12.8. The minimum Gasteiger partial charge on any atom is -0.485 e. The van der Waals surface area contributed by atoms with Crippen molar-refractivity contribution in [3.8, 4) is 5.75 Å². The average Bonchev–Trinajstić information content (AvgIpc) is 2.83. The lowest BCUT2D eigenvalue weighted by molar-refractivity contribution is -0.138. The first kappa shape index (κ1) is 19.7. The molecule has 27 heavy (non-hydrogen) atoms. The second kappa shape index (κ2) is 7.91. The van der Waals surface area contributed by atoms with Gasteiger partial charge in [-0.3, -0.25) is 9.59 Å². The zero-order chi connectivity index (χ0) is 19.6. The van der Waals surface area contributed by atoms with Crippen LogP contribution in [0, 0.1) is 5.92 Å². The number of amides is 2. The van der Waals surface area contributed by atoms with E-state index in [9.17, 15) is 9.59 Å². The van der Waals surface area contributed by atoms with Gasteiger partial charge in [-0.1, -0.05) is 32.0 Å². The van der Waals surface area contributed by atoms with Crippen LogP contribution in [0.15, 0.2) is 24.3 Å². The number of carbonyl (C=O) groups excluding carboxylic acids is 2. The second-order valence-electron chi connectivity index (χ2n) is 8.26. The first-order valence-electron chi connectivity index (χ1n) is 10.1. The van der Waals surface area contributed by atoms with Gasteiger partial charge in [0.05, 0.1) is 6.54 Å². The molecule has 1 aliphatic heterocycles. The van der Waals surface area contributed by atoms with Crippen LogP contribution in [0.25, 0.3) is 0 Å². The van der Waals surface area contributed by atoms with Crippen LogP contribution in [0.2, 0.25) is 0 Å². The van der Waals surface area contributed by atoms with E-state index in [1.165, 1.54) is 0 Å². The van der Waals surface area contributed by atoms with Gasteiger partial charge in [0.1, 0.15) is 11.4 Å². The van der Waals surface area contributed by atoms with Gasteiger partial charge in [-0.2, -0.15) is 0 Å². The molecule has 5 heteroatoms. The summed E-state index contributed by atoms with van der Waals surface area (Å²) in [4.78, 5) is 28.6. The smallest absolute Gasteiger partial charge is 0.225 e. The number of carbonyl (C=O) groups is 2. The first-order valence-corrected chi connectivity index (χ1v) is 10.1. The van der Waals surface area contributed by atoms with Gasteiger partial charge >= 0.3 is 0 Å². The molecule has 0 aromatic heterocycles. The molecule has 148 valence electrons. The van der Waals surface area contributed by atoms with Gasteiger partial charge in [0.15, 0.2) is 0 Å². The number of para-hydroxylation sites is 1. The summed E-state index contributed by atoms with van der Waals surface area (Å²) in [6, 6.07) is 8.27. The Hall–Kier alpha value is -2.04. The van der Waals surface area contributed by atoms with Gasteiger partial charge < -0.3 is 14.5 Å². The maximum Gasteiger partial charge on any atom is 0.225 e. The minimum atomic E-state index is -0.352. The molecule has 1 spiro atoms. The molecule has 1 aromatic carbocycles. The summed E-state index contributed by atoms with van der Waals surface area (Å²) in [5.41, 5.74) is 0.713. The van der Waals surface area contributed by atoms with Crippen molar-refractivity contribution in [2.75, 3.05) is 13.6 Å². The molecular formula is C22H32N2O3. The molecule has 3 rings (SSSR count). The lowest BCUT2D eigenvalue weighted by Gasteiger charge is -2.43. The van der Waals surface area contributed by atoms with Gasteiger partial charge in [-0.25, -0.2) is 0 Å². The van der Waals surface area contributed by atoms with Crippen molar-refractivity contribution in [3.05, 3.63) is 29.8 Å². The average molecular weight is 373 g/mol. The zero-order valence-electron chi connectivity index (χ0n) is 17.0.